The first-order valence-electron chi connectivity index (χ1n) is 9.01. The predicted octanol–water partition coefficient (Wildman–Crippen LogP) is 2.46. The number of imidazole rings is 1. The molecule has 0 bridgehead atoms. The van der Waals surface area contributed by atoms with Crippen LogP contribution in [0, 0.1) is 5.92 Å². The summed E-state index contributed by atoms with van der Waals surface area (Å²) in [6, 6.07) is 0. The fourth-order valence-electron chi connectivity index (χ4n) is 3.43. The van der Waals surface area contributed by atoms with Crippen molar-refractivity contribution in [2.75, 3.05) is 20.1 Å². The minimum absolute atomic E-state index is 0. The first kappa shape index (κ1) is 20.7. The van der Waals surface area contributed by atoms with Crippen LogP contribution in [-0.2, 0) is 20.1 Å². The number of halogens is 1. The van der Waals surface area contributed by atoms with Crippen LogP contribution in [0.3, 0.4) is 0 Å². The van der Waals surface area contributed by atoms with E-state index in [0.717, 1.165) is 37.8 Å². The van der Waals surface area contributed by atoms with E-state index in [0.29, 0.717) is 18.4 Å². The van der Waals surface area contributed by atoms with Crippen LogP contribution in [0.1, 0.15) is 37.6 Å². The van der Waals surface area contributed by atoms with Crippen molar-refractivity contribution >= 4 is 29.9 Å². The Morgan fingerprint density at radius 2 is 2.23 bits per heavy atom. The fraction of sp³-hybridized carbons (Fsp3) is 0.611. The van der Waals surface area contributed by atoms with E-state index in [-0.39, 0.29) is 24.0 Å². The minimum Gasteiger partial charge on any atom is -0.349 e. The maximum absolute atomic E-state index is 4.48. The molecule has 1 atom stereocenters. The molecule has 2 aromatic heterocycles. The second-order valence-corrected chi connectivity index (χ2v) is 7.17. The minimum atomic E-state index is 0. The van der Waals surface area contributed by atoms with Crippen molar-refractivity contribution in [3.05, 3.63) is 36.2 Å². The number of nitrogens with zero attached hydrogens (tertiary/aromatic N) is 6. The Morgan fingerprint density at radius 3 is 2.88 bits per heavy atom. The van der Waals surface area contributed by atoms with Crippen LogP contribution < -0.4 is 5.32 Å². The number of hydrogen-bond acceptors (Lipinski definition) is 3. The summed E-state index contributed by atoms with van der Waals surface area (Å²) in [6.45, 7) is 8.12. The number of aryl methyl sites for hydroxylation is 1. The number of nitrogens with one attached hydrogen (secondary N) is 1. The molecular weight excluding hydrogens is 441 g/mol. The average molecular weight is 471 g/mol. The summed E-state index contributed by atoms with van der Waals surface area (Å²) in [5.74, 6) is 3.13. The van der Waals surface area contributed by atoms with Crippen LogP contribution in [0.15, 0.2) is 29.8 Å². The van der Waals surface area contributed by atoms with Gasteiger partial charge in [0.2, 0.25) is 0 Å². The van der Waals surface area contributed by atoms with Crippen molar-refractivity contribution in [1.82, 2.24) is 29.5 Å². The largest absolute Gasteiger partial charge is 0.349 e. The van der Waals surface area contributed by atoms with E-state index < -0.39 is 0 Å². The van der Waals surface area contributed by atoms with Gasteiger partial charge in [-0.1, -0.05) is 13.8 Å². The van der Waals surface area contributed by atoms with Gasteiger partial charge in [-0.3, -0.25) is 9.67 Å². The van der Waals surface area contributed by atoms with Crippen molar-refractivity contribution in [1.29, 1.82) is 0 Å². The third kappa shape index (κ3) is 4.99. The highest BCUT2D eigenvalue weighted by Gasteiger charge is 2.27. The topological polar surface area (TPSA) is 63.3 Å². The quantitative estimate of drug-likeness (QED) is 0.414. The second kappa shape index (κ2) is 9.38. The first-order valence-corrected chi connectivity index (χ1v) is 9.01. The molecule has 8 heteroatoms. The second-order valence-electron chi connectivity index (χ2n) is 7.17. The summed E-state index contributed by atoms with van der Waals surface area (Å²) in [7, 11) is 3.82. The highest BCUT2D eigenvalue weighted by atomic mass is 127. The molecule has 1 aliphatic heterocycles. The molecule has 0 aromatic carbocycles. The van der Waals surface area contributed by atoms with Gasteiger partial charge in [0.05, 0.1) is 12.7 Å². The van der Waals surface area contributed by atoms with Gasteiger partial charge in [0.1, 0.15) is 5.82 Å². The number of aromatic nitrogens is 4. The van der Waals surface area contributed by atoms with Crippen molar-refractivity contribution in [3.63, 3.8) is 0 Å². The van der Waals surface area contributed by atoms with Crippen molar-refractivity contribution < 1.29 is 0 Å². The molecule has 0 radical (unpaired) electrons. The van der Waals surface area contributed by atoms with Crippen molar-refractivity contribution in [2.45, 2.75) is 39.3 Å². The van der Waals surface area contributed by atoms with Crippen molar-refractivity contribution in [3.8, 4) is 0 Å². The zero-order chi connectivity index (χ0) is 17.8. The molecule has 1 N–H and O–H groups in total. The van der Waals surface area contributed by atoms with Gasteiger partial charge in [-0.15, -0.1) is 24.0 Å². The Morgan fingerprint density at radius 1 is 1.42 bits per heavy atom. The smallest absolute Gasteiger partial charge is 0.194 e. The zero-order valence-electron chi connectivity index (χ0n) is 16.1. The van der Waals surface area contributed by atoms with E-state index in [1.807, 2.05) is 37.4 Å². The Labute approximate surface area is 172 Å². The van der Waals surface area contributed by atoms with Gasteiger partial charge in [0, 0.05) is 58.2 Å². The fourth-order valence-corrected chi connectivity index (χ4v) is 3.43. The maximum Gasteiger partial charge on any atom is 0.194 e. The molecule has 0 aliphatic carbocycles. The lowest BCUT2D eigenvalue weighted by Gasteiger charge is -2.22. The Balaban J connectivity index is 0.00000243. The number of likely N-dealkylation sites (tertiary alicyclic amines) is 1. The van der Waals surface area contributed by atoms with Crippen LogP contribution in [0.4, 0.5) is 0 Å². The summed E-state index contributed by atoms with van der Waals surface area (Å²) in [4.78, 5) is 11.3. The molecule has 3 rings (SSSR count). The highest BCUT2D eigenvalue weighted by molar-refractivity contribution is 14.0. The molecule has 7 nitrogen and oxygen atoms in total. The summed E-state index contributed by atoms with van der Waals surface area (Å²) < 4.78 is 4.09. The third-order valence-electron chi connectivity index (χ3n) is 4.66. The Bertz CT molecular complexity index is 719. The van der Waals surface area contributed by atoms with Gasteiger partial charge in [0.25, 0.3) is 0 Å². The van der Waals surface area contributed by atoms with Crippen molar-refractivity contribution in [2.24, 2.45) is 18.0 Å². The van der Waals surface area contributed by atoms with Gasteiger partial charge >= 0.3 is 0 Å². The zero-order valence-corrected chi connectivity index (χ0v) is 18.4. The van der Waals surface area contributed by atoms with Crippen LogP contribution >= 0.6 is 24.0 Å². The third-order valence-corrected chi connectivity index (χ3v) is 4.66. The summed E-state index contributed by atoms with van der Waals surface area (Å²) >= 11 is 0. The molecule has 2 aromatic rings. The van der Waals surface area contributed by atoms with Crippen LogP contribution in [-0.4, -0.2) is 50.3 Å². The van der Waals surface area contributed by atoms with Gasteiger partial charge in [-0.05, 0) is 17.9 Å². The number of guanidine groups is 1. The Kier molecular flexibility index (Phi) is 7.48. The van der Waals surface area contributed by atoms with E-state index in [4.69, 9.17) is 0 Å². The maximum atomic E-state index is 4.48. The lowest BCUT2D eigenvalue weighted by molar-refractivity contribution is 0.475. The molecule has 3 heterocycles. The van der Waals surface area contributed by atoms with Gasteiger partial charge in [0.15, 0.2) is 5.96 Å². The molecule has 144 valence electrons. The van der Waals surface area contributed by atoms with E-state index in [1.54, 1.807) is 0 Å². The summed E-state index contributed by atoms with van der Waals surface area (Å²) in [5.41, 5.74) is 1.31. The van der Waals surface area contributed by atoms with Gasteiger partial charge < -0.3 is 14.8 Å². The molecule has 0 saturated carbocycles. The number of rotatable bonds is 5. The highest BCUT2D eigenvalue weighted by Crippen LogP contribution is 2.26. The summed E-state index contributed by atoms with van der Waals surface area (Å²) in [6.07, 6.45) is 9.15. The molecular formula is C18H30IN7. The van der Waals surface area contributed by atoms with E-state index in [1.165, 1.54) is 5.56 Å². The molecule has 0 spiro atoms. The molecule has 1 saturated heterocycles. The number of hydrogen-bond donors (Lipinski definition) is 1. The standard InChI is InChI=1S/C18H29N7.HI/c1-14(2)11-24-8-6-20-17(24)10-21-18(19-3)25-7-5-15(13-25)16-9-22-23(4)12-16;/h6,8-9,12,14-15H,5,7,10-11,13H2,1-4H3,(H,19,21);1H. The summed E-state index contributed by atoms with van der Waals surface area (Å²) in [5, 5.41) is 7.77. The normalized spacial score (nSPS) is 17.7. The van der Waals surface area contributed by atoms with Gasteiger partial charge in [-0.2, -0.15) is 5.10 Å². The first-order chi connectivity index (χ1) is 12.1. The average Bonchev–Trinajstić information content (AvgIpc) is 3.29. The van der Waals surface area contributed by atoms with E-state index in [9.17, 15) is 0 Å². The molecule has 1 fully saturated rings. The van der Waals surface area contributed by atoms with Crippen LogP contribution in [0.2, 0.25) is 0 Å². The van der Waals surface area contributed by atoms with Crippen LogP contribution in [0.5, 0.6) is 0 Å². The SMILES string of the molecule is CN=C(NCc1nccn1CC(C)C)N1CCC(c2cnn(C)c2)C1.I. The van der Waals surface area contributed by atoms with E-state index in [2.05, 4.69) is 49.9 Å². The lowest BCUT2D eigenvalue weighted by Crippen LogP contribution is -2.40. The molecule has 1 unspecified atom stereocenters. The lowest BCUT2D eigenvalue weighted by atomic mass is 10.0. The predicted molar refractivity (Wildman–Crippen MR) is 115 cm³/mol. The number of aliphatic imine (C=N–C) groups is 1. The monoisotopic (exact) mass is 471 g/mol. The van der Waals surface area contributed by atoms with Gasteiger partial charge in [-0.25, -0.2) is 4.98 Å². The molecule has 26 heavy (non-hydrogen) atoms. The Hall–Kier alpha value is -1.58. The molecule has 0 amide bonds. The molecule has 1 aliphatic rings. The van der Waals surface area contributed by atoms with Crippen LogP contribution in [0.25, 0.3) is 0 Å². The van der Waals surface area contributed by atoms with E-state index >= 15 is 0 Å².